The Bertz CT molecular complexity index is 403. The van der Waals surface area contributed by atoms with Crippen molar-refractivity contribution in [1.82, 2.24) is 0 Å². The zero-order chi connectivity index (χ0) is 11.3. The molecule has 1 aromatic rings. The van der Waals surface area contributed by atoms with E-state index in [1.54, 1.807) is 0 Å². The van der Waals surface area contributed by atoms with Crippen molar-refractivity contribution in [2.24, 2.45) is 0 Å². The Balaban J connectivity index is 2.01. The Morgan fingerprint density at radius 2 is 2.06 bits per heavy atom. The SMILES string of the molecule is C=CC1(OCc2ccccc2)C=CC=CC1. The van der Waals surface area contributed by atoms with Crippen LogP contribution in [0.15, 0.2) is 67.3 Å². The van der Waals surface area contributed by atoms with Crippen LogP contribution in [0.5, 0.6) is 0 Å². The van der Waals surface area contributed by atoms with Crippen LogP contribution in [0.2, 0.25) is 0 Å². The van der Waals surface area contributed by atoms with Gasteiger partial charge < -0.3 is 4.74 Å². The monoisotopic (exact) mass is 212 g/mol. The van der Waals surface area contributed by atoms with Crippen molar-refractivity contribution in [3.8, 4) is 0 Å². The maximum absolute atomic E-state index is 5.95. The van der Waals surface area contributed by atoms with Gasteiger partial charge in [-0.3, -0.25) is 0 Å². The maximum atomic E-state index is 5.95. The lowest BCUT2D eigenvalue weighted by Crippen LogP contribution is -2.27. The predicted molar refractivity (Wildman–Crippen MR) is 67.1 cm³/mol. The zero-order valence-corrected chi connectivity index (χ0v) is 9.30. The van der Waals surface area contributed by atoms with Gasteiger partial charge in [0.1, 0.15) is 5.60 Å². The van der Waals surface area contributed by atoms with E-state index in [2.05, 4.69) is 30.9 Å². The van der Waals surface area contributed by atoms with Gasteiger partial charge in [-0.25, -0.2) is 0 Å². The van der Waals surface area contributed by atoms with Crippen LogP contribution in [0.3, 0.4) is 0 Å². The highest BCUT2D eigenvalue weighted by molar-refractivity contribution is 5.24. The fourth-order valence-electron chi connectivity index (χ4n) is 1.73. The molecular weight excluding hydrogens is 196 g/mol. The Morgan fingerprint density at radius 3 is 2.69 bits per heavy atom. The molecule has 1 heteroatoms. The molecule has 1 aliphatic rings. The maximum Gasteiger partial charge on any atom is 0.108 e. The summed E-state index contributed by atoms with van der Waals surface area (Å²) in [5, 5.41) is 0. The van der Waals surface area contributed by atoms with Gasteiger partial charge in [-0.2, -0.15) is 0 Å². The Kier molecular flexibility index (Phi) is 3.37. The van der Waals surface area contributed by atoms with E-state index in [1.165, 1.54) is 5.56 Å². The highest BCUT2D eigenvalue weighted by Gasteiger charge is 2.23. The van der Waals surface area contributed by atoms with E-state index in [0.29, 0.717) is 6.61 Å². The summed E-state index contributed by atoms with van der Waals surface area (Å²) in [7, 11) is 0. The predicted octanol–water partition coefficient (Wildman–Crippen LogP) is 3.64. The number of ether oxygens (including phenoxy) is 1. The molecule has 0 amide bonds. The van der Waals surface area contributed by atoms with Crippen molar-refractivity contribution in [2.45, 2.75) is 18.6 Å². The molecule has 0 aliphatic heterocycles. The molecule has 1 aliphatic carbocycles. The molecule has 82 valence electrons. The lowest BCUT2D eigenvalue weighted by Gasteiger charge is -2.28. The fourth-order valence-corrected chi connectivity index (χ4v) is 1.73. The minimum atomic E-state index is -0.329. The first kappa shape index (κ1) is 10.9. The summed E-state index contributed by atoms with van der Waals surface area (Å²) < 4.78 is 5.95. The molecule has 0 saturated carbocycles. The first-order valence-electron chi connectivity index (χ1n) is 5.50. The molecule has 0 heterocycles. The van der Waals surface area contributed by atoms with Gasteiger partial charge in [-0.15, -0.1) is 0 Å². The molecule has 1 nitrogen and oxygen atoms in total. The molecule has 0 bridgehead atoms. The van der Waals surface area contributed by atoms with Gasteiger partial charge in [0.05, 0.1) is 6.61 Å². The molecule has 0 fully saturated rings. The summed E-state index contributed by atoms with van der Waals surface area (Å²) in [5.74, 6) is 0. The Morgan fingerprint density at radius 1 is 1.25 bits per heavy atom. The van der Waals surface area contributed by atoms with Crippen LogP contribution < -0.4 is 0 Å². The summed E-state index contributed by atoms with van der Waals surface area (Å²) >= 11 is 0. The van der Waals surface area contributed by atoms with Crippen LogP contribution in [-0.4, -0.2) is 5.60 Å². The van der Waals surface area contributed by atoms with Gasteiger partial charge in [0.25, 0.3) is 0 Å². The Labute approximate surface area is 96.8 Å². The van der Waals surface area contributed by atoms with Crippen molar-refractivity contribution in [1.29, 1.82) is 0 Å². The highest BCUT2D eigenvalue weighted by Crippen LogP contribution is 2.25. The molecule has 0 radical (unpaired) electrons. The quantitative estimate of drug-likeness (QED) is 0.692. The molecule has 0 aromatic heterocycles. The van der Waals surface area contributed by atoms with E-state index in [1.807, 2.05) is 36.4 Å². The van der Waals surface area contributed by atoms with Crippen LogP contribution in [-0.2, 0) is 11.3 Å². The largest absolute Gasteiger partial charge is 0.362 e. The third-order valence-corrected chi connectivity index (χ3v) is 2.76. The average Bonchev–Trinajstić information content (AvgIpc) is 2.39. The summed E-state index contributed by atoms with van der Waals surface area (Å²) in [6.45, 7) is 4.47. The average molecular weight is 212 g/mol. The van der Waals surface area contributed by atoms with Crippen molar-refractivity contribution in [3.63, 3.8) is 0 Å². The van der Waals surface area contributed by atoms with E-state index < -0.39 is 0 Å². The topological polar surface area (TPSA) is 9.23 Å². The lowest BCUT2D eigenvalue weighted by atomic mass is 9.95. The molecule has 16 heavy (non-hydrogen) atoms. The molecule has 1 aromatic carbocycles. The summed E-state index contributed by atoms with van der Waals surface area (Å²) in [6.07, 6.45) is 10.9. The molecule has 2 rings (SSSR count). The first-order valence-corrected chi connectivity index (χ1v) is 5.50. The highest BCUT2D eigenvalue weighted by atomic mass is 16.5. The smallest absolute Gasteiger partial charge is 0.108 e. The van der Waals surface area contributed by atoms with Crippen LogP contribution in [0, 0.1) is 0 Å². The molecule has 1 unspecified atom stereocenters. The summed E-state index contributed by atoms with van der Waals surface area (Å²) in [4.78, 5) is 0. The number of rotatable bonds is 4. The van der Waals surface area contributed by atoms with Gasteiger partial charge in [0.2, 0.25) is 0 Å². The van der Waals surface area contributed by atoms with Crippen LogP contribution in [0.25, 0.3) is 0 Å². The third-order valence-electron chi connectivity index (χ3n) is 2.76. The van der Waals surface area contributed by atoms with Crippen molar-refractivity contribution in [3.05, 3.63) is 72.9 Å². The van der Waals surface area contributed by atoms with E-state index in [4.69, 9.17) is 4.74 Å². The number of hydrogen-bond acceptors (Lipinski definition) is 1. The van der Waals surface area contributed by atoms with Crippen molar-refractivity contribution in [2.75, 3.05) is 0 Å². The van der Waals surface area contributed by atoms with E-state index in [0.717, 1.165) is 6.42 Å². The first-order chi connectivity index (χ1) is 7.85. The lowest BCUT2D eigenvalue weighted by molar-refractivity contribution is 0.0166. The number of allylic oxidation sites excluding steroid dienone is 2. The summed E-state index contributed by atoms with van der Waals surface area (Å²) in [6, 6.07) is 10.2. The molecular formula is C15H16O. The van der Waals surface area contributed by atoms with Crippen LogP contribution >= 0.6 is 0 Å². The summed E-state index contributed by atoms with van der Waals surface area (Å²) in [5.41, 5.74) is 0.858. The van der Waals surface area contributed by atoms with Crippen LogP contribution in [0.4, 0.5) is 0 Å². The minimum absolute atomic E-state index is 0.329. The van der Waals surface area contributed by atoms with E-state index in [9.17, 15) is 0 Å². The second-order valence-corrected chi connectivity index (χ2v) is 3.92. The molecule has 0 N–H and O–H groups in total. The van der Waals surface area contributed by atoms with Crippen molar-refractivity contribution >= 4 is 0 Å². The van der Waals surface area contributed by atoms with Crippen LogP contribution in [0.1, 0.15) is 12.0 Å². The third kappa shape index (κ3) is 2.50. The molecule has 0 saturated heterocycles. The normalized spacial score (nSPS) is 23.2. The van der Waals surface area contributed by atoms with Gasteiger partial charge >= 0.3 is 0 Å². The molecule has 0 spiro atoms. The zero-order valence-electron chi connectivity index (χ0n) is 9.30. The second-order valence-electron chi connectivity index (χ2n) is 3.92. The van der Waals surface area contributed by atoms with Gasteiger partial charge in [-0.05, 0) is 11.6 Å². The molecule has 1 atom stereocenters. The second kappa shape index (κ2) is 4.95. The van der Waals surface area contributed by atoms with E-state index in [-0.39, 0.29) is 5.60 Å². The van der Waals surface area contributed by atoms with Gasteiger partial charge in [0.15, 0.2) is 0 Å². The van der Waals surface area contributed by atoms with E-state index >= 15 is 0 Å². The Hall–Kier alpha value is -1.60. The number of hydrogen-bond donors (Lipinski definition) is 0. The standard InChI is InChI=1S/C15H16O/c1-2-15(11-7-4-8-12-15)16-13-14-9-5-3-6-10-14/h2-11H,1,12-13H2. The fraction of sp³-hybridized carbons (Fsp3) is 0.200. The van der Waals surface area contributed by atoms with Gasteiger partial charge in [-0.1, -0.05) is 61.2 Å². The minimum Gasteiger partial charge on any atom is -0.362 e. The number of benzene rings is 1. The van der Waals surface area contributed by atoms with Gasteiger partial charge in [0, 0.05) is 6.42 Å². The van der Waals surface area contributed by atoms with Crippen molar-refractivity contribution < 1.29 is 4.74 Å².